The van der Waals surface area contributed by atoms with Crippen molar-refractivity contribution in [2.75, 3.05) is 11.5 Å². The van der Waals surface area contributed by atoms with Crippen LogP contribution in [0.15, 0.2) is 18.5 Å². The molecule has 0 atom stereocenters. The monoisotopic (exact) mass is 336 g/mol. The summed E-state index contributed by atoms with van der Waals surface area (Å²) in [5.74, 6) is 0.578. The van der Waals surface area contributed by atoms with Crippen LogP contribution in [0.3, 0.4) is 0 Å². The first-order valence-corrected chi connectivity index (χ1v) is 8.18. The van der Waals surface area contributed by atoms with Crippen LogP contribution in [0.5, 0.6) is 0 Å². The summed E-state index contributed by atoms with van der Waals surface area (Å²) in [6.45, 7) is 6.21. The van der Waals surface area contributed by atoms with E-state index in [4.69, 9.17) is 11.5 Å². The summed E-state index contributed by atoms with van der Waals surface area (Å²) in [5, 5.41) is 0. The number of ketones is 1. The molecule has 3 aromatic heterocycles. The number of carbonyl (C=O) groups excluding carboxylic acids is 1. The Morgan fingerprint density at radius 1 is 1.20 bits per heavy atom. The SMILES string of the molecule is Cc1cn(-c2cnc3c(N)nc(N)nc3c2)c2c1C(=O)CC(C)(C)C2. The third-order valence-electron chi connectivity index (χ3n) is 4.70. The fraction of sp³-hybridized carbons (Fsp3) is 0.333. The molecule has 128 valence electrons. The van der Waals surface area contributed by atoms with E-state index in [2.05, 4.69) is 28.8 Å². The summed E-state index contributed by atoms with van der Waals surface area (Å²) in [4.78, 5) is 25.2. The van der Waals surface area contributed by atoms with Crippen LogP contribution in [0.1, 0.15) is 41.9 Å². The molecule has 25 heavy (non-hydrogen) atoms. The zero-order valence-corrected chi connectivity index (χ0v) is 14.5. The molecule has 0 aromatic carbocycles. The Morgan fingerprint density at radius 3 is 2.72 bits per heavy atom. The van der Waals surface area contributed by atoms with E-state index >= 15 is 0 Å². The van der Waals surface area contributed by atoms with Crippen LogP contribution in [0.2, 0.25) is 0 Å². The molecule has 4 N–H and O–H groups in total. The normalized spacial score (nSPS) is 16.2. The predicted octanol–water partition coefficient (Wildman–Crippen LogP) is 2.44. The van der Waals surface area contributed by atoms with E-state index in [-0.39, 0.29) is 23.0 Å². The number of hydrogen-bond donors (Lipinski definition) is 2. The van der Waals surface area contributed by atoms with Gasteiger partial charge in [-0.2, -0.15) is 4.98 Å². The van der Waals surface area contributed by atoms with Gasteiger partial charge in [-0.3, -0.25) is 4.79 Å². The number of anilines is 2. The lowest BCUT2D eigenvalue weighted by molar-refractivity contribution is 0.0910. The lowest BCUT2D eigenvalue weighted by Gasteiger charge is -2.30. The molecule has 0 bridgehead atoms. The van der Waals surface area contributed by atoms with Crippen molar-refractivity contribution >= 4 is 28.6 Å². The van der Waals surface area contributed by atoms with E-state index in [1.165, 1.54) is 0 Å². The zero-order chi connectivity index (χ0) is 17.9. The molecule has 0 spiro atoms. The fourth-order valence-electron chi connectivity index (χ4n) is 3.69. The van der Waals surface area contributed by atoms with Crippen LogP contribution in [-0.4, -0.2) is 25.3 Å². The maximum atomic E-state index is 12.6. The summed E-state index contributed by atoms with van der Waals surface area (Å²) in [7, 11) is 0. The summed E-state index contributed by atoms with van der Waals surface area (Å²) in [6.07, 6.45) is 5.11. The van der Waals surface area contributed by atoms with Crippen molar-refractivity contribution < 1.29 is 4.79 Å². The summed E-state index contributed by atoms with van der Waals surface area (Å²) >= 11 is 0. The van der Waals surface area contributed by atoms with E-state index in [1.54, 1.807) is 6.20 Å². The zero-order valence-electron chi connectivity index (χ0n) is 14.5. The molecule has 1 aliphatic carbocycles. The lowest BCUT2D eigenvalue weighted by atomic mass is 9.75. The second kappa shape index (κ2) is 5.02. The minimum atomic E-state index is -0.0616. The molecule has 3 heterocycles. The number of hydrogen-bond acceptors (Lipinski definition) is 6. The number of nitrogen functional groups attached to an aromatic ring is 2. The Morgan fingerprint density at radius 2 is 1.96 bits per heavy atom. The van der Waals surface area contributed by atoms with E-state index in [9.17, 15) is 4.79 Å². The number of rotatable bonds is 1. The van der Waals surface area contributed by atoms with Crippen molar-refractivity contribution in [2.24, 2.45) is 5.41 Å². The standard InChI is InChI=1S/C18H20N6O/c1-9-8-24(12-5-18(2,3)6-13(25)14(9)12)10-4-11-15(21-7-10)16(19)23-17(20)22-11/h4,7-8H,5-6H2,1-3H3,(H4,19,20,22,23). The molecule has 0 saturated carbocycles. The van der Waals surface area contributed by atoms with Crippen LogP contribution in [0.25, 0.3) is 16.7 Å². The molecule has 7 heteroatoms. The van der Waals surface area contributed by atoms with Crippen LogP contribution >= 0.6 is 0 Å². The second-order valence-electron chi connectivity index (χ2n) is 7.47. The first-order valence-electron chi connectivity index (χ1n) is 8.18. The average molecular weight is 336 g/mol. The number of nitrogens with zero attached hydrogens (tertiary/aromatic N) is 4. The van der Waals surface area contributed by atoms with E-state index in [1.807, 2.05) is 23.8 Å². The predicted molar refractivity (Wildman–Crippen MR) is 96.7 cm³/mol. The molecular formula is C18H20N6O. The Labute approximate surface area is 145 Å². The first kappa shape index (κ1) is 15.6. The minimum Gasteiger partial charge on any atom is -0.382 e. The Hall–Kier alpha value is -2.96. The minimum absolute atomic E-state index is 0.0616. The third-order valence-corrected chi connectivity index (χ3v) is 4.70. The maximum absolute atomic E-state index is 12.6. The molecule has 0 fully saturated rings. The number of Topliss-reactive ketones (excluding diaryl/α,β-unsaturated/α-hetero) is 1. The van der Waals surface area contributed by atoms with Crippen molar-refractivity contribution in [1.29, 1.82) is 0 Å². The van der Waals surface area contributed by atoms with Crippen LogP contribution < -0.4 is 11.5 Å². The summed E-state index contributed by atoms with van der Waals surface area (Å²) in [6, 6.07) is 1.88. The number of carbonyl (C=O) groups is 1. The number of pyridine rings is 1. The van der Waals surface area contributed by atoms with Gasteiger partial charge >= 0.3 is 0 Å². The molecule has 4 rings (SSSR count). The molecular weight excluding hydrogens is 316 g/mol. The van der Waals surface area contributed by atoms with Crippen molar-refractivity contribution in [3.05, 3.63) is 35.3 Å². The molecule has 7 nitrogen and oxygen atoms in total. The molecule has 0 amide bonds. The molecule has 3 aromatic rings. The highest BCUT2D eigenvalue weighted by Gasteiger charge is 2.34. The largest absolute Gasteiger partial charge is 0.382 e. The number of fused-ring (bicyclic) bond motifs is 2. The summed E-state index contributed by atoms with van der Waals surface area (Å²) < 4.78 is 2.03. The van der Waals surface area contributed by atoms with Gasteiger partial charge in [-0.15, -0.1) is 0 Å². The van der Waals surface area contributed by atoms with E-state index < -0.39 is 0 Å². The van der Waals surface area contributed by atoms with Gasteiger partial charge < -0.3 is 16.0 Å². The second-order valence-corrected chi connectivity index (χ2v) is 7.47. The maximum Gasteiger partial charge on any atom is 0.222 e. The fourth-order valence-corrected chi connectivity index (χ4v) is 3.69. The molecule has 0 aliphatic heterocycles. The van der Waals surface area contributed by atoms with Gasteiger partial charge in [0.05, 0.1) is 17.4 Å². The van der Waals surface area contributed by atoms with Crippen molar-refractivity contribution in [1.82, 2.24) is 19.5 Å². The third kappa shape index (κ3) is 2.43. The molecule has 0 unspecified atom stereocenters. The van der Waals surface area contributed by atoms with Gasteiger partial charge in [0.25, 0.3) is 0 Å². The van der Waals surface area contributed by atoms with Crippen molar-refractivity contribution in [3.8, 4) is 5.69 Å². The number of aromatic nitrogens is 4. The van der Waals surface area contributed by atoms with Gasteiger partial charge in [-0.25, -0.2) is 9.97 Å². The smallest absolute Gasteiger partial charge is 0.222 e. The van der Waals surface area contributed by atoms with E-state index in [0.717, 1.165) is 28.9 Å². The van der Waals surface area contributed by atoms with Gasteiger partial charge in [-0.1, -0.05) is 13.8 Å². The average Bonchev–Trinajstić information content (AvgIpc) is 2.81. The van der Waals surface area contributed by atoms with Crippen LogP contribution in [-0.2, 0) is 6.42 Å². The van der Waals surface area contributed by atoms with Crippen molar-refractivity contribution in [3.63, 3.8) is 0 Å². The molecule has 1 aliphatic rings. The highest BCUT2D eigenvalue weighted by atomic mass is 16.1. The molecule has 0 radical (unpaired) electrons. The highest BCUT2D eigenvalue weighted by molar-refractivity contribution is 6.00. The van der Waals surface area contributed by atoms with Gasteiger partial charge in [0.15, 0.2) is 11.6 Å². The quantitative estimate of drug-likeness (QED) is 0.706. The highest BCUT2D eigenvalue weighted by Crippen LogP contribution is 2.38. The van der Waals surface area contributed by atoms with Gasteiger partial charge in [0.2, 0.25) is 5.95 Å². The van der Waals surface area contributed by atoms with Gasteiger partial charge in [0, 0.05) is 23.9 Å². The van der Waals surface area contributed by atoms with Crippen LogP contribution in [0.4, 0.5) is 11.8 Å². The lowest BCUT2D eigenvalue weighted by Crippen LogP contribution is -2.28. The number of nitrogens with two attached hydrogens (primary N) is 2. The number of aryl methyl sites for hydroxylation is 1. The summed E-state index contributed by atoms with van der Waals surface area (Å²) in [5.41, 5.74) is 16.3. The Balaban J connectivity index is 1.93. The van der Waals surface area contributed by atoms with Crippen molar-refractivity contribution in [2.45, 2.75) is 33.6 Å². The van der Waals surface area contributed by atoms with Crippen LogP contribution in [0, 0.1) is 12.3 Å². The Kier molecular flexibility index (Phi) is 3.12. The van der Waals surface area contributed by atoms with E-state index in [0.29, 0.717) is 17.5 Å². The first-order chi connectivity index (χ1) is 11.7. The van der Waals surface area contributed by atoms with Gasteiger partial charge in [-0.05, 0) is 30.4 Å². The molecule has 0 saturated heterocycles. The topological polar surface area (TPSA) is 113 Å². The Bertz CT molecular complexity index is 1030. The van der Waals surface area contributed by atoms with Gasteiger partial charge in [0.1, 0.15) is 5.52 Å².